The van der Waals surface area contributed by atoms with Crippen molar-refractivity contribution in [1.29, 1.82) is 0 Å². The fourth-order valence-electron chi connectivity index (χ4n) is 2.28. The summed E-state index contributed by atoms with van der Waals surface area (Å²) >= 11 is 1.51. The van der Waals surface area contributed by atoms with E-state index in [1.165, 1.54) is 11.3 Å². The monoisotopic (exact) mass is 336 g/mol. The van der Waals surface area contributed by atoms with Gasteiger partial charge in [0, 0.05) is 19.6 Å². The second kappa shape index (κ2) is 8.26. The van der Waals surface area contributed by atoms with Crippen LogP contribution in [0, 0.1) is 5.92 Å². The summed E-state index contributed by atoms with van der Waals surface area (Å²) in [6.07, 6.45) is 0.461. The number of fused-ring (bicyclic) bond motifs is 1. The van der Waals surface area contributed by atoms with Crippen LogP contribution in [0.15, 0.2) is 23.2 Å². The van der Waals surface area contributed by atoms with Gasteiger partial charge in [-0.25, -0.2) is 0 Å². The Morgan fingerprint density at radius 3 is 2.83 bits per heavy atom. The molecular formula is C17H24N2O3S. The van der Waals surface area contributed by atoms with Crippen molar-refractivity contribution in [3.63, 3.8) is 0 Å². The minimum Gasteiger partial charge on any atom is -0.497 e. The lowest BCUT2D eigenvalue weighted by atomic mass is 10.1. The van der Waals surface area contributed by atoms with Crippen molar-refractivity contribution in [2.24, 2.45) is 10.9 Å². The van der Waals surface area contributed by atoms with E-state index in [1.807, 2.05) is 43.5 Å². The van der Waals surface area contributed by atoms with E-state index in [0.717, 1.165) is 20.8 Å². The van der Waals surface area contributed by atoms with E-state index in [4.69, 9.17) is 9.47 Å². The standard InChI is InChI=1S/C17H24N2O3S/c1-5-22-9-8-19-14-7-6-13(21-4)11-15(14)23-17(19)18-16(20)10-12(2)3/h6-7,11-12H,5,8-10H2,1-4H3. The minimum absolute atomic E-state index is 0.0799. The molecule has 0 unspecified atom stereocenters. The third kappa shape index (κ3) is 4.65. The van der Waals surface area contributed by atoms with E-state index in [2.05, 4.69) is 4.99 Å². The largest absolute Gasteiger partial charge is 0.497 e. The number of benzene rings is 1. The summed E-state index contributed by atoms with van der Waals surface area (Å²) in [4.78, 5) is 17.1. The molecule has 23 heavy (non-hydrogen) atoms. The van der Waals surface area contributed by atoms with Crippen LogP contribution in [0.25, 0.3) is 10.2 Å². The number of methoxy groups -OCH3 is 1. The number of carbonyl (C=O) groups excluding carboxylic acids is 1. The highest BCUT2D eigenvalue weighted by molar-refractivity contribution is 7.16. The Morgan fingerprint density at radius 2 is 2.17 bits per heavy atom. The molecule has 1 aromatic carbocycles. The van der Waals surface area contributed by atoms with Crippen molar-refractivity contribution in [2.45, 2.75) is 33.7 Å². The molecule has 0 atom stereocenters. The van der Waals surface area contributed by atoms with E-state index in [-0.39, 0.29) is 5.91 Å². The molecule has 0 radical (unpaired) electrons. The summed E-state index contributed by atoms with van der Waals surface area (Å²) in [5.74, 6) is 1.03. The number of amides is 1. The Balaban J connectivity index is 2.45. The second-order valence-corrected chi connectivity index (χ2v) is 6.68. The Morgan fingerprint density at radius 1 is 1.39 bits per heavy atom. The van der Waals surface area contributed by atoms with E-state index >= 15 is 0 Å². The number of rotatable bonds is 7. The van der Waals surface area contributed by atoms with Crippen molar-refractivity contribution in [3.05, 3.63) is 23.0 Å². The van der Waals surface area contributed by atoms with Crippen LogP contribution in [-0.4, -0.2) is 30.8 Å². The van der Waals surface area contributed by atoms with Gasteiger partial charge < -0.3 is 14.0 Å². The second-order valence-electron chi connectivity index (χ2n) is 5.67. The van der Waals surface area contributed by atoms with Crippen LogP contribution in [0.5, 0.6) is 5.75 Å². The van der Waals surface area contributed by atoms with Crippen LogP contribution >= 0.6 is 11.3 Å². The minimum atomic E-state index is -0.0799. The Labute approximate surface area is 140 Å². The van der Waals surface area contributed by atoms with Gasteiger partial charge in [0.15, 0.2) is 4.80 Å². The van der Waals surface area contributed by atoms with Crippen molar-refractivity contribution in [2.75, 3.05) is 20.3 Å². The quantitative estimate of drug-likeness (QED) is 0.730. The molecule has 0 saturated heterocycles. The van der Waals surface area contributed by atoms with Gasteiger partial charge in [-0.3, -0.25) is 4.79 Å². The first kappa shape index (κ1) is 17.7. The first-order chi connectivity index (χ1) is 11.0. The van der Waals surface area contributed by atoms with E-state index in [0.29, 0.717) is 32.1 Å². The maximum Gasteiger partial charge on any atom is 0.248 e. The first-order valence-corrected chi connectivity index (χ1v) is 8.69. The number of hydrogen-bond donors (Lipinski definition) is 0. The smallest absolute Gasteiger partial charge is 0.248 e. The molecule has 0 aliphatic heterocycles. The highest BCUT2D eigenvalue weighted by Crippen LogP contribution is 2.23. The summed E-state index contributed by atoms with van der Waals surface area (Å²) in [5, 5.41) is 0. The maximum atomic E-state index is 12.1. The van der Waals surface area contributed by atoms with Gasteiger partial charge in [-0.1, -0.05) is 25.2 Å². The number of thiazole rings is 1. The molecule has 5 nitrogen and oxygen atoms in total. The maximum absolute atomic E-state index is 12.1. The molecule has 0 N–H and O–H groups in total. The van der Waals surface area contributed by atoms with Crippen LogP contribution in [0.1, 0.15) is 27.2 Å². The predicted molar refractivity (Wildman–Crippen MR) is 92.9 cm³/mol. The van der Waals surface area contributed by atoms with E-state index in [9.17, 15) is 4.79 Å². The van der Waals surface area contributed by atoms with Crippen LogP contribution in [-0.2, 0) is 16.1 Å². The Kier molecular flexibility index (Phi) is 6.36. The highest BCUT2D eigenvalue weighted by atomic mass is 32.1. The summed E-state index contributed by atoms with van der Waals surface area (Å²) in [6.45, 7) is 7.96. The van der Waals surface area contributed by atoms with Crippen molar-refractivity contribution >= 4 is 27.5 Å². The van der Waals surface area contributed by atoms with Gasteiger partial charge in [0.1, 0.15) is 5.75 Å². The van der Waals surface area contributed by atoms with E-state index < -0.39 is 0 Å². The van der Waals surface area contributed by atoms with Gasteiger partial charge in [-0.2, -0.15) is 4.99 Å². The zero-order chi connectivity index (χ0) is 16.8. The first-order valence-electron chi connectivity index (χ1n) is 7.87. The lowest BCUT2D eigenvalue weighted by Gasteiger charge is -2.06. The topological polar surface area (TPSA) is 52.8 Å². The predicted octanol–water partition coefficient (Wildman–Crippen LogP) is 3.22. The van der Waals surface area contributed by atoms with Crippen LogP contribution in [0.3, 0.4) is 0 Å². The van der Waals surface area contributed by atoms with E-state index in [1.54, 1.807) is 7.11 Å². The van der Waals surface area contributed by atoms with Crippen molar-refractivity contribution in [1.82, 2.24) is 4.57 Å². The fraction of sp³-hybridized carbons (Fsp3) is 0.529. The number of hydrogen-bond acceptors (Lipinski definition) is 4. The molecule has 1 heterocycles. The third-order valence-corrected chi connectivity index (χ3v) is 4.40. The molecule has 2 aromatic rings. The molecule has 0 saturated carbocycles. The van der Waals surface area contributed by atoms with Gasteiger partial charge in [-0.15, -0.1) is 0 Å². The number of carbonyl (C=O) groups is 1. The summed E-state index contributed by atoms with van der Waals surface area (Å²) < 4.78 is 13.8. The lowest BCUT2D eigenvalue weighted by Crippen LogP contribution is -2.20. The number of ether oxygens (including phenoxy) is 2. The van der Waals surface area contributed by atoms with Gasteiger partial charge >= 0.3 is 0 Å². The Hall–Kier alpha value is -1.66. The van der Waals surface area contributed by atoms with Gasteiger partial charge in [-0.05, 0) is 31.0 Å². The normalized spacial score (nSPS) is 12.3. The van der Waals surface area contributed by atoms with Crippen LogP contribution < -0.4 is 9.54 Å². The SMILES string of the molecule is CCOCCn1c(=NC(=O)CC(C)C)sc2cc(OC)ccc21. The summed E-state index contributed by atoms with van der Waals surface area (Å²) in [5.41, 5.74) is 1.05. The van der Waals surface area contributed by atoms with Gasteiger partial charge in [0.25, 0.3) is 0 Å². The molecule has 2 rings (SSSR count). The Bertz CT molecular complexity index is 731. The fourth-order valence-corrected chi connectivity index (χ4v) is 3.39. The van der Waals surface area contributed by atoms with Crippen LogP contribution in [0.2, 0.25) is 0 Å². The molecule has 6 heteroatoms. The highest BCUT2D eigenvalue weighted by Gasteiger charge is 2.10. The summed E-state index contributed by atoms with van der Waals surface area (Å²) in [6, 6.07) is 5.90. The molecule has 0 bridgehead atoms. The third-order valence-electron chi connectivity index (χ3n) is 3.36. The molecular weight excluding hydrogens is 312 g/mol. The average Bonchev–Trinajstić information content (AvgIpc) is 2.83. The molecule has 126 valence electrons. The zero-order valence-corrected chi connectivity index (χ0v) is 15.0. The summed E-state index contributed by atoms with van der Waals surface area (Å²) in [7, 11) is 1.65. The zero-order valence-electron chi connectivity index (χ0n) is 14.2. The molecule has 1 aromatic heterocycles. The van der Waals surface area contributed by atoms with Crippen molar-refractivity contribution in [3.8, 4) is 5.75 Å². The number of nitrogens with zero attached hydrogens (tertiary/aromatic N) is 2. The number of aromatic nitrogens is 1. The molecule has 0 fully saturated rings. The van der Waals surface area contributed by atoms with Crippen LogP contribution in [0.4, 0.5) is 0 Å². The molecule has 0 spiro atoms. The van der Waals surface area contributed by atoms with Crippen molar-refractivity contribution < 1.29 is 14.3 Å². The van der Waals surface area contributed by atoms with Gasteiger partial charge in [0.05, 0.1) is 23.9 Å². The average molecular weight is 336 g/mol. The van der Waals surface area contributed by atoms with Gasteiger partial charge in [0.2, 0.25) is 5.91 Å². The molecule has 0 aliphatic carbocycles. The lowest BCUT2D eigenvalue weighted by molar-refractivity contribution is -0.118. The molecule has 0 aliphatic rings. The molecule has 1 amide bonds.